The fourth-order valence-corrected chi connectivity index (χ4v) is 1.05. The molecule has 6 N–H and O–H groups in total. The Kier molecular flexibility index (Phi) is 5.72. The minimum atomic E-state index is -2.40. The zero-order chi connectivity index (χ0) is 14.5. The first-order valence-corrected chi connectivity index (χ1v) is 4.51. The van der Waals surface area contributed by atoms with Gasteiger partial charge in [-0.15, -0.1) is 0 Å². The van der Waals surface area contributed by atoms with Crippen LogP contribution in [0.1, 0.15) is 6.42 Å². The van der Waals surface area contributed by atoms with E-state index in [1.54, 1.807) is 5.32 Å². The number of aliphatic hydroxyl groups excluding tert-OH is 1. The van der Waals surface area contributed by atoms with E-state index in [0.29, 0.717) is 0 Å². The quantitative estimate of drug-likeness (QED) is 0.272. The summed E-state index contributed by atoms with van der Waals surface area (Å²) in [5.41, 5.74) is 0. The van der Waals surface area contributed by atoms with Gasteiger partial charge < -0.3 is 25.5 Å². The lowest BCUT2D eigenvalue weighted by molar-refractivity contribution is -0.158. The zero-order valence-electron chi connectivity index (χ0n) is 8.81. The zero-order valence-corrected chi connectivity index (χ0v) is 8.81. The molecule has 18 heavy (non-hydrogen) atoms. The van der Waals surface area contributed by atoms with Gasteiger partial charge in [-0.05, 0) is 0 Å². The first-order chi connectivity index (χ1) is 8.16. The third-order valence-electron chi connectivity index (χ3n) is 1.89. The van der Waals surface area contributed by atoms with Crippen molar-refractivity contribution in [2.24, 2.45) is 0 Å². The van der Waals surface area contributed by atoms with Crippen molar-refractivity contribution in [2.45, 2.75) is 24.6 Å². The summed E-state index contributed by atoms with van der Waals surface area (Å²) in [5.74, 6) is -6.90. The van der Waals surface area contributed by atoms with Crippen LogP contribution in [0.3, 0.4) is 0 Å². The highest BCUT2D eigenvalue weighted by molar-refractivity contribution is 5.86. The average molecular weight is 265 g/mol. The van der Waals surface area contributed by atoms with Gasteiger partial charge in [0.1, 0.15) is 12.1 Å². The van der Waals surface area contributed by atoms with Crippen LogP contribution in [0.2, 0.25) is 0 Å². The molecule has 0 saturated heterocycles. The number of carboxylic acid groups (broad SMARTS) is 4. The number of aliphatic carboxylic acids is 4. The molecule has 0 aromatic heterocycles. The summed E-state index contributed by atoms with van der Waals surface area (Å²) in [7, 11) is 0. The third kappa shape index (κ3) is 4.76. The second-order valence-corrected chi connectivity index (χ2v) is 3.25. The van der Waals surface area contributed by atoms with Crippen molar-refractivity contribution in [1.29, 1.82) is 0 Å². The minimum absolute atomic E-state index is 0.967. The van der Waals surface area contributed by atoms with E-state index in [-0.39, 0.29) is 0 Å². The number of nitrogens with one attached hydrogen (secondary N) is 1. The first-order valence-electron chi connectivity index (χ1n) is 4.51. The Morgan fingerprint density at radius 2 is 1.39 bits per heavy atom. The van der Waals surface area contributed by atoms with Gasteiger partial charge in [-0.1, -0.05) is 0 Å². The van der Waals surface area contributed by atoms with Gasteiger partial charge in [-0.3, -0.25) is 19.7 Å². The highest BCUT2D eigenvalue weighted by atomic mass is 16.4. The SMILES string of the molecule is O=C(O)CC(NC(C(=O)O)C(O)C(=O)O)C(=O)O. The minimum Gasteiger partial charge on any atom is -0.481 e. The summed E-state index contributed by atoms with van der Waals surface area (Å²) < 4.78 is 0. The second-order valence-electron chi connectivity index (χ2n) is 3.25. The molecule has 0 saturated carbocycles. The van der Waals surface area contributed by atoms with Crippen LogP contribution in [0.4, 0.5) is 0 Å². The molecule has 0 aliphatic carbocycles. The molecule has 10 nitrogen and oxygen atoms in total. The number of hydrogen-bond donors (Lipinski definition) is 6. The van der Waals surface area contributed by atoms with E-state index in [2.05, 4.69) is 0 Å². The monoisotopic (exact) mass is 265 g/mol. The van der Waals surface area contributed by atoms with Gasteiger partial charge in [0.25, 0.3) is 0 Å². The lowest BCUT2D eigenvalue weighted by atomic mass is 10.1. The molecule has 3 unspecified atom stereocenters. The Balaban J connectivity index is 4.93. The van der Waals surface area contributed by atoms with Crippen LogP contribution < -0.4 is 5.32 Å². The van der Waals surface area contributed by atoms with Crippen molar-refractivity contribution in [3.63, 3.8) is 0 Å². The molecular formula is C8H11NO9. The summed E-state index contributed by atoms with van der Waals surface area (Å²) in [4.78, 5) is 42.0. The number of rotatable bonds is 8. The Morgan fingerprint density at radius 3 is 1.67 bits per heavy atom. The smallest absolute Gasteiger partial charge is 0.334 e. The van der Waals surface area contributed by atoms with Crippen molar-refractivity contribution in [1.82, 2.24) is 5.32 Å². The van der Waals surface area contributed by atoms with Crippen molar-refractivity contribution < 1.29 is 44.7 Å². The molecule has 0 spiro atoms. The predicted molar refractivity (Wildman–Crippen MR) is 51.9 cm³/mol. The van der Waals surface area contributed by atoms with E-state index in [1.807, 2.05) is 0 Å². The summed E-state index contributed by atoms with van der Waals surface area (Å²) >= 11 is 0. The van der Waals surface area contributed by atoms with Crippen molar-refractivity contribution >= 4 is 23.9 Å². The van der Waals surface area contributed by atoms with Gasteiger partial charge >= 0.3 is 23.9 Å². The second kappa shape index (κ2) is 6.51. The van der Waals surface area contributed by atoms with E-state index in [1.165, 1.54) is 0 Å². The van der Waals surface area contributed by atoms with Crippen LogP contribution in [0.25, 0.3) is 0 Å². The van der Waals surface area contributed by atoms with E-state index in [0.717, 1.165) is 0 Å². The van der Waals surface area contributed by atoms with Crippen molar-refractivity contribution in [2.75, 3.05) is 0 Å². The largest absolute Gasteiger partial charge is 0.481 e. The normalized spacial score (nSPS) is 15.4. The highest BCUT2D eigenvalue weighted by Crippen LogP contribution is 2.01. The van der Waals surface area contributed by atoms with Crippen LogP contribution in [0.15, 0.2) is 0 Å². The molecule has 0 aromatic carbocycles. The topological polar surface area (TPSA) is 181 Å². The lowest BCUT2D eigenvalue weighted by Crippen LogP contribution is -2.55. The van der Waals surface area contributed by atoms with Crippen LogP contribution in [0, 0.1) is 0 Å². The van der Waals surface area contributed by atoms with E-state index < -0.39 is 48.5 Å². The fraction of sp³-hybridized carbons (Fsp3) is 0.500. The molecule has 0 aliphatic heterocycles. The van der Waals surface area contributed by atoms with Crippen LogP contribution >= 0.6 is 0 Å². The molecule has 0 amide bonds. The number of carboxylic acids is 4. The summed E-state index contributed by atoms with van der Waals surface area (Å²) in [5, 5.41) is 44.9. The van der Waals surface area contributed by atoms with Gasteiger partial charge in [0.15, 0.2) is 6.10 Å². The summed E-state index contributed by atoms with van der Waals surface area (Å²) in [6, 6.07) is -3.97. The molecule has 0 bridgehead atoms. The number of hydrogen-bond acceptors (Lipinski definition) is 6. The molecule has 102 valence electrons. The number of aliphatic hydroxyl groups is 1. The fourth-order valence-electron chi connectivity index (χ4n) is 1.05. The molecule has 0 aromatic rings. The molecule has 10 heteroatoms. The Labute approximate surface area is 99.5 Å². The van der Waals surface area contributed by atoms with Gasteiger partial charge in [0.2, 0.25) is 0 Å². The van der Waals surface area contributed by atoms with E-state index in [9.17, 15) is 19.2 Å². The Hall–Kier alpha value is -2.20. The third-order valence-corrected chi connectivity index (χ3v) is 1.89. The molecule has 0 heterocycles. The number of carbonyl (C=O) groups is 4. The maximum absolute atomic E-state index is 10.7. The molecule has 0 aliphatic rings. The van der Waals surface area contributed by atoms with Crippen molar-refractivity contribution in [3.05, 3.63) is 0 Å². The highest BCUT2D eigenvalue weighted by Gasteiger charge is 2.36. The standard InChI is InChI=1S/C8H11NO9/c10-3(11)1-2(6(13)14)9-4(7(15)16)5(12)8(17)18/h2,4-5,9,12H,1H2,(H,10,11)(H,13,14)(H,15,16)(H,17,18). The lowest BCUT2D eigenvalue weighted by Gasteiger charge is -2.21. The average Bonchev–Trinajstić information content (AvgIpc) is 2.21. The molecule has 0 rings (SSSR count). The molecule has 0 radical (unpaired) electrons. The van der Waals surface area contributed by atoms with Gasteiger partial charge in [0.05, 0.1) is 6.42 Å². The first kappa shape index (κ1) is 15.8. The Bertz CT molecular complexity index is 366. The van der Waals surface area contributed by atoms with E-state index >= 15 is 0 Å². The maximum atomic E-state index is 10.7. The molecular weight excluding hydrogens is 254 g/mol. The summed E-state index contributed by atoms with van der Waals surface area (Å²) in [6.45, 7) is 0. The molecule has 3 atom stereocenters. The molecule has 0 fully saturated rings. The van der Waals surface area contributed by atoms with Crippen LogP contribution in [0.5, 0.6) is 0 Å². The van der Waals surface area contributed by atoms with Crippen LogP contribution in [-0.2, 0) is 19.2 Å². The summed E-state index contributed by atoms with van der Waals surface area (Å²) in [6.07, 6.45) is -3.37. The van der Waals surface area contributed by atoms with Crippen molar-refractivity contribution in [3.8, 4) is 0 Å². The van der Waals surface area contributed by atoms with Gasteiger partial charge in [-0.2, -0.15) is 0 Å². The Morgan fingerprint density at radius 1 is 0.889 bits per heavy atom. The predicted octanol–water partition coefficient (Wildman–Crippen LogP) is -2.60. The van der Waals surface area contributed by atoms with E-state index in [4.69, 9.17) is 25.5 Å². The van der Waals surface area contributed by atoms with Gasteiger partial charge in [-0.25, -0.2) is 4.79 Å². The maximum Gasteiger partial charge on any atom is 0.334 e. The van der Waals surface area contributed by atoms with Crippen LogP contribution in [-0.4, -0.2) is 67.6 Å². The van der Waals surface area contributed by atoms with Gasteiger partial charge in [0, 0.05) is 0 Å².